The maximum Gasteiger partial charge on any atom is 0.314 e. The number of aromatic nitrogens is 1. The Labute approximate surface area is 143 Å². The van der Waals surface area contributed by atoms with Crippen molar-refractivity contribution in [1.29, 1.82) is 0 Å². The van der Waals surface area contributed by atoms with Crippen LogP contribution in [0.25, 0.3) is 0 Å². The standard InChI is InChI=1S/C17H29N3O2S/c1-11-14(23-12(2)20-11)6-8-18-16(21)19-10-13-7-9-22-15(13)17(3,4)5/h13,15H,6-10H2,1-5H3,(H2,18,19,21). The van der Waals surface area contributed by atoms with E-state index in [9.17, 15) is 4.79 Å². The lowest BCUT2D eigenvalue weighted by Crippen LogP contribution is -2.42. The Hall–Kier alpha value is -1.14. The van der Waals surface area contributed by atoms with E-state index >= 15 is 0 Å². The molecule has 2 unspecified atom stereocenters. The van der Waals surface area contributed by atoms with E-state index in [4.69, 9.17) is 4.74 Å². The highest BCUT2D eigenvalue weighted by Gasteiger charge is 2.37. The van der Waals surface area contributed by atoms with Gasteiger partial charge in [-0.2, -0.15) is 0 Å². The van der Waals surface area contributed by atoms with Crippen molar-refractivity contribution >= 4 is 17.4 Å². The molecule has 2 atom stereocenters. The first kappa shape index (κ1) is 18.2. The Bertz CT molecular complexity index is 536. The predicted molar refractivity (Wildman–Crippen MR) is 94.0 cm³/mol. The van der Waals surface area contributed by atoms with Gasteiger partial charge in [0.15, 0.2) is 0 Å². The summed E-state index contributed by atoms with van der Waals surface area (Å²) in [4.78, 5) is 17.6. The van der Waals surface area contributed by atoms with Crippen LogP contribution in [-0.4, -0.2) is 36.8 Å². The van der Waals surface area contributed by atoms with Crippen molar-refractivity contribution in [3.05, 3.63) is 15.6 Å². The average Bonchev–Trinajstić information content (AvgIpc) is 3.03. The average molecular weight is 340 g/mol. The first-order valence-electron chi connectivity index (χ1n) is 8.33. The number of thiazole rings is 1. The zero-order chi connectivity index (χ0) is 17.0. The van der Waals surface area contributed by atoms with Crippen molar-refractivity contribution in [3.8, 4) is 0 Å². The van der Waals surface area contributed by atoms with E-state index < -0.39 is 0 Å². The summed E-state index contributed by atoms with van der Waals surface area (Å²) >= 11 is 1.70. The Morgan fingerprint density at radius 1 is 1.35 bits per heavy atom. The lowest BCUT2D eigenvalue weighted by atomic mass is 9.81. The Morgan fingerprint density at radius 3 is 2.70 bits per heavy atom. The van der Waals surface area contributed by atoms with E-state index in [0.717, 1.165) is 30.2 Å². The van der Waals surface area contributed by atoms with Crippen LogP contribution in [0.1, 0.15) is 42.8 Å². The Kier molecular flexibility index (Phi) is 6.03. The number of aryl methyl sites for hydroxylation is 2. The summed E-state index contributed by atoms with van der Waals surface area (Å²) in [5, 5.41) is 7.00. The molecule has 1 fully saturated rings. The first-order chi connectivity index (χ1) is 10.8. The van der Waals surface area contributed by atoms with Crippen LogP contribution in [0, 0.1) is 25.2 Å². The minimum absolute atomic E-state index is 0.0940. The molecule has 23 heavy (non-hydrogen) atoms. The van der Waals surface area contributed by atoms with Crippen molar-refractivity contribution in [3.63, 3.8) is 0 Å². The molecule has 1 aromatic heterocycles. The van der Waals surface area contributed by atoms with Gasteiger partial charge < -0.3 is 15.4 Å². The minimum Gasteiger partial charge on any atom is -0.377 e. The summed E-state index contributed by atoms with van der Waals surface area (Å²) in [5.74, 6) is 0.396. The van der Waals surface area contributed by atoms with Crippen LogP contribution in [0.2, 0.25) is 0 Å². The molecule has 1 aliphatic rings. The number of nitrogens with one attached hydrogen (secondary N) is 2. The molecule has 1 aromatic rings. The molecule has 0 aromatic carbocycles. The highest BCUT2D eigenvalue weighted by Crippen LogP contribution is 2.34. The third-order valence-electron chi connectivity index (χ3n) is 4.23. The maximum atomic E-state index is 12.0. The molecular weight excluding hydrogens is 310 g/mol. The van der Waals surface area contributed by atoms with Gasteiger partial charge in [0.2, 0.25) is 0 Å². The molecular formula is C17H29N3O2S. The summed E-state index contributed by atoms with van der Waals surface area (Å²) < 4.78 is 5.84. The molecule has 0 bridgehead atoms. The van der Waals surface area contributed by atoms with Crippen LogP contribution in [0.5, 0.6) is 0 Å². The largest absolute Gasteiger partial charge is 0.377 e. The molecule has 6 heteroatoms. The van der Waals surface area contributed by atoms with Crippen LogP contribution < -0.4 is 10.6 Å². The number of urea groups is 1. The SMILES string of the molecule is Cc1nc(C)c(CCNC(=O)NCC2CCOC2C(C)(C)C)s1. The third-order valence-corrected chi connectivity index (χ3v) is 5.36. The second-order valence-electron chi connectivity index (χ2n) is 7.33. The second-order valence-corrected chi connectivity index (χ2v) is 8.62. The molecule has 2 amide bonds. The fourth-order valence-electron chi connectivity index (χ4n) is 3.18. The van der Waals surface area contributed by atoms with Gasteiger partial charge >= 0.3 is 6.03 Å². The molecule has 0 saturated carbocycles. The summed E-state index contributed by atoms with van der Waals surface area (Å²) in [6.07, 6.45) is 2.06. The monoisotopic (exact) mass is 339 g/mol. The van der Waals surface area contributed by atoms with Gasteiger partial charge in [0.25, 0.3) is 0 Å². The van der Waals surface area contributed by atoms with E-state index in [-0.39, 0.29) is 17.6 Å². The zero-order valence-electron chi connectivity index (χ0n) is 14.9. The van der Waals surface area contributed by atoms with E-state index in [1.807, 2.05) is 13.8 Å². The van der Waals surface area contributed by atoms with Crippen molar-refractivity contribution in [2.24, 2.45) is 11.3 Å². The van der Waals surface area contributed by atoms with Crippen LogP contribution in [0.15, 0.2) is 0 Å². The van der Waals surface area contributed by atoms with Crippen LogP contribution in [-0.2, 0) is 11.2 Å². The van der Waals surface area contributed by atoms with Gasteiger partial charge in [0.05, 0.1) is 16.8 Å². The topological polar surface area (TPSA) is 63.2 Å². The fraction of sp³-hybridized carbons (Fsp3) is 0.765. The molecule has 2 rings (SSSR count). The fourth-order valence-corrected chi connectivity index (χ4v) is 4.12. The third kappa shape index (κ3) is 5.18. The number of hydrogen-bond acceptors (Lipinski definition) is 4. The summed E-state index contributed by atoms with van der Waals surface area (Å²) in [7, 11) is 0. The number of amides is 2. The van der Waals surface area contributed by atoms with Gasteiger partial charge in [-0.1, -0.05) is 20.8 Å². The number of carbonyl (C=O) groups is 1. The molecule has 130 valence electrons. The molecule has 0 spiro atoms. The zero-order valence-corrected chi connectivity index (χ0v) is 15.7. The summed E-state index contributed by atoms with van der Waals surface area (Å²) in [6.45, 7) is 12.7. The highest BCUT2D eigenvalue weighted by atomic mass is 32.1. The normalized spacial score (nSPS) is 21.4. The van der Waals surface area contributed by atoms with Gasteiger partial charge in [-0.15, -0.1) is 11.3 Å². The van der Waals surface area contributed by atoms with E-state index in [1.54, 1.807) is 11.3 Å². The maximum absolute atomic E-state index is 12.0. The minimum atomic E-state index is -0.0940. The quantitative estimate of drug-likeness (QED) is 0.866. The number of hydrogen-bond donors (Lipinski definition) is 2. The van der Waals surface area contributed by atoms with Crippen molar-refractivity contribution in [2.45, 2.75) is 53.6 Å². The predicted octanol–water partition coefficient (Wildman–Crippen LogP) is 3.05. The van der Waals surface area contributed by atoms with E-state index in [2.05, 4.69) is 36.4 Å². The van der Waals surface area contributed by atoms with Gasteiger partial charge in [-0.25, -0.2) is 9.78 Å². The number of carbonyl (C=O) groups excluding carboxylic acids is 1. The van der Waals surface area contributed by atoms with Crippen LogP contribution in [0.3, 0.4) is 0 Å². The number of nitrogens with zero attached hydrogens (tertiary/aromatic N) is 1. The van der Waals surface area contributed by atoms with E-state index in [0.29, 0.717) is 19.0 Å². The molecule has 2 heterocycles. The van der Waals surface area contributed by atoms with Crippen LogP contribution in [0.4, 0.5) is 4.79 Å². The highest BCUT2D eigenvalue weighted by molar-refractivity contribution is 7.11. The van der Waals surface area contributed by atoms with Gasteiger partial charge in [-0.3, -0.25) is 0 Å². The van der Waals surface area contributed by atoms with Gasteiger partial charge in [0, 0.05) is 36.9 Å². The Morgan fingerprint density at radius 2 is 2.09 bits per heavy atom. The lowest BCUT2D eigenvalue weighted by molar-refractivity contribution is 0.00775. The Balaban J connectivity index is 1.70. The second kappa shape index (κ2) is 7.62. The van der Waals surface area contributed by atoms with Gasteiger partial charge in [-0.05, 0) is 25.7 Å². The number of ether oxygens (including phenoxy) is 1. The van der Waals surface area contributed by atoms with Crippen molar-refractivity contribution in [1.82, 2.24) is 15.6 Å². The summed E-state index contributed by atoms with van der Waals surface area (Å²) in [5.41, 5.74) is 1.19. The molecule has 1 aliphatic heterocycles. The molecule has 5 nitrogen and oxygen atoms in total. The van der Waals surface area contributed by atoms with Gasteiger partial charge in [0.1, 0.15) is 0 Å². The lowest BCUT2D eigenvalue weighted by Gasteiger charge is -2.31. The van der Waals surface area contributed by atoms with E-state index in [1.165, 1.54) is 4.88 Å². The summed E-state index contributed by atoms with van der Waals surface area (Å²) in [6, 6.07) is -0.0940. The molecule has 2 N–H and O–H groups in total. The molecule has 1 saturated heterocycles. The van der Waals surface area contributed by atoms with Crippen LogP contribution >= 0.6 is 11.3 Å². The molecule has 0 aliphatic carbocycles. The number of rotatable bonds is 5. The van der Waals surface area contributed by atoms with Crippen molar-refractivity contribution in [2.75, 3.05) is 19.7 Å². The smallest absolute Gasteiger partial charge is 0.314 e. The van der Waals surface area contributed by atoms with Crippen molar-refractivity contribution < 1.29 is 9.53 Å². The first-order valence-corrected chi connectivity index (χ1v) is 9.15. The molecule has 0 radical (unpaired) electrons.